The smallest absolute Gasteiger partial charge is 0.348 e. The lowest BCUT2D eigenvalue weighted by atomic mass is 10.1. The number of anilines is 1. The second-order valence-electron chi connectivity index (χ2n) is 5.91. The summed E-state index contributed by atoms with van der Waals surface area (Å²) in [4.78, 5) is 37.4. The first-order valence-electron chi connectivity index (χ1n) is 8.68. The molecule has 0 saturated heterocycles. The Hall–Kier alpha value is -3.07. The highest BCUT2D eigenvalue weighted by Gasteiger charge is 2.31. The van der Waals surface area contributed by atoms with E-state index in [2.05, 4.69) is 10.6 Å². The van der Waals surface area contributed by atoms with E-state index in [9.17, 15) is 14.4 Å². The summed E-state index contributed by atoms with van der Waals surface area (Å²) in [5.74, 6) is -0.395. The molecular weight excluding hydrogens is 384 g/mol. The van der Waals surface area contributed by atoms with Crippen molar-refractivity contribution >= 4 is 34.1 Å². The first kappa shape index (κ1) is 19.7. The van der Waals surface area contributed by atoms with Crippen LogP contribution in [0.15, 0.2) is 24.3 Å². The highest BCUT2D eigenvalue weighted by atomic mass is 32.1. The van der Waals surface area contributed by atoms with Gasteiger partial charge < -0.3 is 24.8 Å². The van der Waals surface area contributed by atoms with Gasteiger partial charge in [0.15, 0.2) is 11.5 Å². The van der Waals surface area contributed by atoms with Crippen LogP contribution in [0.1, 0.15) is 32.5 Å². The Balaban J connectivity index is 1.85. The zero-order valence-corrected chi connectivity index (χ0v) is 16.5. The molecule has 2 amide bonds. The Kier molecular flexibility index (Phi) is 5.84. The molecule has 1 aromatic heterocycles. The van der Waals surface area contributed by atoms with E-state index in [1.165, 1.54) is 7.05 Å². The number of ether oxygens (including phenoxy) is 3. The van der Waals surface area contributed by atoms with Crippen molar-refractivity contribution in [3.05, 3.63) is 40.3 Å². The van der Waals surface area contributed by atoms with Gasteiger partial charge in [-0.3, -0.25) is 9.59 Å². The molecule has 0 saturated carbocycles. The summed E-state index contributed by atoms with van der Waals surface area (Å²) in [6.07, 6.45) is -0.888. The van der Waals surface area contributed by atoms with Gasteiger partial charge in [0.2, 0.25) is 6.10 Å². The van der Waals surface area contributed by atoms with Gasteiger partial charge >= 0.3 is 5.97 Å². The number of carbonyl (C=O) groups excluding carboxylic acids is 3. The molecule has 0 aliphatic carbocycles. The van der Waals surface area contributed by atoms with Crippen molar-refractivity contribution in [2.45, 2.75) is 20.0 Å². The van der Waals surface area contributed by atoms with Gasteiger partial charge in [-0.2, -0.15) is 0 Å². The predicted octanol–water partition coefficient (Wildman–Crippen LogP) is 2.37. The molecule has 8 nitrogen and oxygen atoms in total. The minimum absolute atomic E-state index is 0.0350. The van der Waals surface area contributed by atoms with Gasteiger partial charge in [0.25, 0.3) is 11.8 Å². The Morgan fingerprint density at radius 2 is 1.96 bits per heavy atom. The molecule has 0 unspecified atom stereocenters. The molecule has 1 aromatic carbocycles. The Morgan fingerprint density at radius 3 is 2.64 bits per heavy atom. The number of para-hydroxylation sites is 2. The van der Waals surface area contributed by atoms with Crippen LogP contribution in [0.2, 0.25) is 0 Å². The Bertz CT molecular complexity index is 923. The van der Waals surface area contributed by atoms with E-state index in [0.29, 0.717) is 17.1 Å². The summed E-state index contributed by atoms with van der Waals surface area (Å²) in [7, 11) is 1.48. The molecule has 2 heterocycles. The number of thiophene rings is 1. The first-order chi connectivity index (χ1) is 13.5. The van der Waals surface area contributed by atoms with Gasteiger partial charge in [0, 0.05) is 7.05 Å². The van der Waals surface area contributed by atoms with Crippen molar-refractivity contribution in [3.8, 4) is 11.5 Å². The van der Waals surface area contributed by atoms with E-state index in [1.807, 2.05) is 6.07 Å². The molecule has 0 radical (unpaired) electrons. The maximum Gasteiger partial charge on any atom is 0.348 e. The average Bonchev–Trinajstić information content (AvgIpc) is 3.03. The second-order valence-corrected chi connectivity index (χ2v) is 6.93. The van der Waals surface area contributed by atoms with Crippen LogP contribution < -0.4 is 20.1 Å². The zero-order valence-electron chi connectivity index (χ0n) is 15.7. The average molecular weight is 404 g/mol. The molecule has 0 fully saturated rings. The number of hydrogen-bond acceptors (Lipinski definition) is 7. The monoisotopic (exact) mass is 404 g/mol. The van der Waals surface area contributed by atoms with Gasteiger partial charge in [-0.15, -0.1) is 11.3 Å². The SMILES string of the molecule is CCOC(=O)c1sc(NC(=O)[C@@H]2COc3ccccc3O2)c(C(=O)NC)c1C. The van der Waals surface area contributed by atoms with Crippen molar-refractivity contribution in [1.29, 1.82) is 0 Å². The molecule has 3 rings (SSSR count). The predicted molar refractivity (Wildman–Crippen MR) is 103 cm³/mol. The van der Waals surface area contributed by atoms with Gasteiger partial charge in [0.1, 0.15) is 16.5 Å². The summed E-state index contributed by atoms with van der Waals surface area (Å²) < 4.78 is 16.3. The van der Waals surface area contributed by atoms with Crippen LogP contribution >= 0.6 is 11.3 Å². The molecule has 2 aromatic rings. The number of esters is 1. The van der Waals surface area contributed by atoms with Crippen molar-refractivity contribution in [3.63, 3.8) is 0 Å². The van der Waals surface area contributed by atoms with Crippen LogP contribution in [0.25, 0.3) is 0 Å². The van der Waals surface area contributed by atoms with Crippen LogP contribution in [0, 0.1) is 6.92 Å². The lowest BCUT2D eigenvalue weighted by Gasteiger charge is -2.25. The fraction of sp³-hybridized carbons (Fsp3) is 0.316. The number of rotatable bonds is 5. The summed E-state index contributed by atoms with van der Waals surface area (Å²) in [6.45, 7) is 3.58. The van der Waals surface area contributed by atoms with Crippen LogP contribution in [-0.4, -0.2) is 44.1 Å². The third-order valence-corrected chi connectivity index (χ3v) is 5.29. The molecule has 2 N–H and O–H groups in total. The van der Waals surface area contributed by atoms with E-state index >= 15 is 0 Å². The van der Waals surface area contributed by atoms with Gasteiger partial charge in [-0.25, -0.2) is 4.79 Å². The summed E-state index contributed by atoms with van der Waals surface area (Å²) in [5.41, 5.74) is 0.672. The van der Waals surface area contributed by atoms with E-state index in [-0.39, 0.29) is 28.7 Å². The summed E-state index contributed by atoms with van der Waals surface area (Å²) in [6, 6.07) is 7.05. The summed E-state index contributed by atoms with van der Waals surface area (Å²) in [5, 5.41) is 5.47. The van der Waals surface area contributed by atoms with Crippen LogP contribution in [0.5, 0.6) is 11.5 Å². The van der Waals surface area contributed by atoms with E-state index in [1.54, 1.807) is 32.0 Å². The number of amides is 2. The van der Waals surface area contributed by atoms with Crippen LogP contribution in [-0.2, 0) is 9.53 Å². The minimum Gasteiger partial charge on any atom is -0.485 e. The Morgan fingerprint density at radius 1 is 1.25 bits per heavy atom. The van der Waals surface area contributed by atoms with E-state index in [0.717, 1.165) is 11.3 Å². The van der Waals surface area contributed by atoms with Crippen LogP contribution in [0.4, 0.5) is 5.00 Å². The van der Waals surface area contributed by atoms with E-state index < -0.39 is 23.9 Å². The van der Waals surface area contributed by atoms with Gasteiger partial charge in [-0.05, 0) is 31.5 Å². The molecule has 1 aliphatic heterocycles. The number of hydrogen-bond donors (Lipinski definition) is 2. The van der Waals surface area contributed by atoms with E-state index in [4.69, 9.17) is 14.2 Å². The normalized spacial score (nSPS) is 14.9. The highest BCUT2D eigenvalue weighted by Crippen LogP contribution is 2.35. The highest BCUT2D eigenvalue weighted by molar-refractivity contribution is 7.18. The largest absolute Gasteiger partial charge is 0.485 e. The maximum absolute atomic E-state index is 12.7. The molecule has 148 valence electrons. The molecule has 0 spiro atoms. The molecule has 28 heavy (non-hydrogen) atoms. The number of carbonyl (C=O) groups is 3. The quantitative estimate of drug-likeness (QED) is 0.742. The fourth-order valence-electron chi connectivity index (χ4n) is 2.73. The standard InChI is InChI=1S/C19H20N2O6S/c1-4-25-19(24)15-10(2)14(17(23)20-3)18(28-15)21-16(22)13-9-26-11-7-5-6-8-12(11)27-13/h5-8,13H,4,9H2,1-3H3,(H,20,23)(H,21,22)/t13-/m0/s1. The Labute approximate surface area is 165 Å². The van der Waals surface area contributed by atoms with Gasteiger partial charge in [0.05, 0.1) is 12.2 Å². The molecule has 9 heteroatoms. The van der Waals surface area contributed by atoms with Crippen molar-refractivity contribution in [2.75, 3.05) is 25.6 Å². The summed E-state index contributed by atoms with van der Waals surface area (Å²) >= 11 is 0.992. The maximum atomic E-state index is 12.7. The van der Waals surface area contributed by atoms with Gasteiger partial charge in [-0.1, -0.05) is 12.1 Å². The number of nitrogens with one attached hydrogen (secondary N) is 2. The second kappa shape index (κ2) is 8.30. The number of fused-ring (bicyclic) bond motifs is 1. The zero-order chi connectivity index (χ0) is 20.3. The molecule has 1 aliphatic rings. The molecule has 0 bridgehead atoms. The molecule has 1 atom stereocenters. The van der Waals surface area contributed by atoms with Crippen molar-refractivity contribution in [1.82, 2.24) is 5.32 Å². The minimum atomic E-state index is -0.888. The lowest BCUT2D eigenvalue weighted by molar-refractivity contribution is -0.125. The van der Waals surface area contributed by atoms with Crippen molar-refractivity contribution in [2.24, 2.45) is 0 Å². The third-order valence-electron chi connectivity index (χ3n) is 4.10. The topological polar surface area (TPSA) is 103 Å². The van der Waals surface area contributed by atoms with Crippen LogP contribution in [0.3, 0.4) is 0 Å². The fourth-order valence-corrected chi connectivity index (χ4v) is 3.83. The third kappa shape index (κ3) is 3.79. The van der Waals surface area contributed by atoms with Crippen molar-refractivity contribution < 1.29 is 28.6 Å². The molecular formula is C19H20N2O6S. The number of benzene rings is 1. The first-order valence-corrected chi connectivity index (χ1v) is 9.49. The lowest BCUT2D eigenvalue weighted by Crippen LogP contribution is -2.40.